The molecule has 2 heterocycles. The number of ether oxygens (including phenoxy) is 3. The highest BCUT2D eigenvalue weighted by atomic mass is 16.7. The first-order valence-electron chi connectivity index (χ1n) is 8.14. The minimum Gasteiger partial charge on any atom is -0.465 e. The van der Waals surface area contributed by atoms with Crippen LogP contribution in [0.15, 0.2) is 48.5 Å². The van der Waals surface area contributed by atoms with Crippen molar-refractivity contribution in [1.82, 2.24) is 4.90 Å². The van der Waals surface area contributed by atoms with Crippen molar-refractivity contribution in [3.63, 3.8) is 0 Å². The summed E-state index contributed by atoms with van der Waals surface area (Å²) in [6.07, 6.45) is 0. The van der Waals surface area contributed by atoms with E-state index in [9.17, 15) is 4.79 Å². The fraction of sp³-hybridized carbons (Fsp3) is 0.316. The van der Waals surface area contributed by atoms with E-state index < -0.39 is 0 Å². The Kier molecular flexibility index (Phi) is 3.86. The average Bonchev–Trinajstić information content (AvgIpc) is 3.11. The van der Waals surface area contributed by atoms with Gasteiger partial charge in [-0.1, -0.05) is 36.4 Å². The molecule has 0 aromatic heterocycles. The fourth-order valence-electron chi connectivity index (χ4n) is 3.23. The Balaban J connectivity index is 1.58. The molecule has 3 unspecified atom stereocenters. The predicted molar refractivity (Wildman–Crippen MR) is 87.7 cm³/mol. The van der Waals surface area contributed by atoms with Crippen molar-refractivity contribution in [3.8, 4) is 11.5 Å². The zero-order valence-corrected chi connectivity index (χ0v) is 13.5. The van der Waals surface area contributed by atoms with Gasteiger partial charge >= 0.3 is 5.97 Å². The smallest absolute Gasteiger partial charge is 0.325 e. The number of hydrogen-bond acceptors (Lipinski definition) is 5. The van der Waals surface area contributed by atoms with Crippen molar-refractivity contribution >= 4 is 5.97 Å². The maximum absolute atomic E-state index is 12.3. The molecule has 0 amide bonds. The summed E-state index contributed by atoms with van der Waals surface area (Å²) in [5, 5.41) is 0. The summed E-state index contributed by atoms with van der Waals surface area (Å²) in [6, 6.07) is 15.8. The summed E-state index contributed by atoms with van der Waals surface area (Å²) in [5.74, 6) is 1.32. The first-order chi connectivity index (χ1) is 11.8. The molecule has 0 bridgehead atoms. The topological polar surface area (TPSA) is 47.8 Å². The summed E-state index contributed by atoms with van der Waals surface area (Å²) >= 11 is 0. The van der Waals surface area contributed by atoms with Crippen LogP contribution in [-0.4, -0.2) is 30.3 Å². The zero-order valence-electron chi connectivity index (χ0n) is 13.5. The number of benzene rings is 2. The summed E-state index contributed by atoms with van der Waals surface area (Å²) in [5.41, 5.74) is 2.23. The highest BCUT2D eigenvalue weighted by Crippen LogP contribution is 2.47. The number of carbonyl (C=O) groups excluding carboxylic acids is 1. The van der Waals surface area contributed by atoms with Crippen LogP contribution >= 0.6 is 0 Å². The molecule has 2 aliphatic rings. The molecule has 4 rings (SSSR count). The van der Waals surface area contributed by atoms with Gasteiger partial charge in [0.2, 0.25) is 6.79 Å². The van der Waals surface area contributed by atoms with Crippen molar-refractivity contribution in [2.75, 3.05) is 13.4 Å². The normalized spacial score (nSPS) is 23.8. The summed E-state index contributed by atoms with van der Waals surface area (Å²) < 4.78 is 16.1. The van der Waals surface area contributed by atoms with Gasteiger partial charge in [0.25, 0.3) is 0 Å². The highest BCUT2D eigenvalue weighted by molar-refractivity contribution is 5.81. The standard InChI is InChI=1S/C19H19NO4/c1-2-22-19(21)18-17(20(18)11-13-6-4-3-5-7-13)14-8-9-15-16(10-14)24-12-23-15/h3-10,17-18H,2,11-12H2,1H3. The SMILES string of the molecule is CCOC(=O)C1C(c2ccc3c(c2)OCO3)N1Cc1ccccc1. The Hall–Kier alpha value is -2.53. The predicted octanol–water partition coefficient (Wildman–Crippen LogP) is 2.90. The van der Waals surface area contributed by atoms with Gasteiger partial charge in [-0.2, -0.15) is 0 Å². The molecule has 0 radical (unpaired) electrons. The van der Waals surface area contributed by atoms with Gasteiger partial charge in [0.15, 0.2) is 11.5 Å². The third-order valence-corrected chi connectivity index (χ3v) is 4.40. The van der Waals surface area contributed by atoms with Gasteiger partial charge in [-0.15, -0.1) is 0 Å². The number of fused-ring (bicyclic) bond motifs is 1. The van der Waals surface area contributed by atoms with Crippen LogP contribution in [0.3, 0.4) is 0 Å². The second-order valence-electron chi connectivity index (χ2n) is 5.91. The largest absolute Gasteiger partial charge is 0.465 e. The lowest BCUT2D eigenvalue weighted by Gasteiger charge is -2.05. The lowest BCUT2D eigenvalue weighted by molar-refractivity contribution is -0.143. The van der Waals surface area contributed by atoms with Crippen LogP contribution in [0.5, 0.6) is 11.5 Å². The Morgan fingerprint density at radius 2 is 1.96 bits per heavy atom. The lowest BCUT2D eigenvalue weighted by Crippen LogP contribution is -2.16. The van der Waals surface area contributed by atoms with Crippen molar-refractivity contribution in [3.05, 3.63) is 59.7 Å². The van der Waals surface area contributed by atoms with E-state index in [1.165, 1.54) is 5.56 Å². The zero-order chi connectivity index (χ0) is 16.5. The van der Waals surface area contributed by atoms with E-state index in [2.05, 4.69) is 17.0 Å². The molecule has 5 nitrogen and oxygen atoms in total. The number of rotatable bonds is 5. The second-order valence-corrected chi connectivity index (χ2v) is 5.91. The molecular weight excluding hydrogens is 306 g/mol. The van der Waals surface area contributed by atoms with Crippen molar-refractivity contribution < 1.29 is 19.0 Å². The van der Waals surface area contributed by atoms with Crippen LogP contribution in [0, 0.1) is 0 Å². The van der Waals surface area contributed by atoms with E-state index in [4.69, 9.17) is 14.2 Å². The van der Waals surface area contributed by atoms with E-state index in [0.717, 1.165) is 17.1 Å². The van der Waals surface area contributed by atoms with Gasteiger partial charge in [0.05, 0.1) is 12.6 Å². The Bertz CT molecular complexity index is 746. The van der Waals surface area contributed by atoms with Crippen LogP contribution < -0.4 is 9.47 Å². The summed E-state index contributed by atoms with van der Waals surface area (Å²) in [4.78, 5) is 14.4. The second kappa shape index (κ2) is 6.17. The van der Waals surface area contributed by atoms with Gasteiger partial charge in [0, 0.05) is 6.54 Å². The van der Waals surface area contributed by atoms with Crippen LogP contribution in [-0.2, 0) is 16.1 Å². The molecule has 3 atom stereocenters. The van der Waals surface area contributed by atoms with Gasteiger partial charge in [-0.3, -0.25) is 9.69 Å². The first kappa shape index (κ1) is 15.0. The maximum Gasteiger partial charge on any atom is 0.325 e. The van der Waals surface area contributed by atoms with E-state index in [1.54, 1.807) is 0 Å². The molecule has 2 aliphatic heterocycles. The van der Waals surface area contributed by atoms with Crippen LogP contribution in [0.1, 0.15) is 24.1 Å². The van der Waals surface area contributed by atoms with Crippen LogP contribution in [0.2, 0.25) is 0 Å². The molecule has 0 N–H and O–H groups in total. The molecular formula is C19H19NO4. The molecule has 0 saturated carbocycles. The number of carbonyl (C=O) groups is 1. The molecule has 0 aliphatic carbocycles. The molecule has 2 aromatic carbocycles. The van der Waals surface area contributed by atoms with Gasteiger partial charge < -0.3 is 14.2 Å². The molecule has 24 heavy (non-hydrogen) atoms. The minimum absolute atomic E-state index is 0.0127. The third-order valence-electron chi connectivity index (χ3n) is 4.40. The van der Waals surface area contributed by atoms with Crippen LogP contribution in [0.4, 0.5) is 0 Å². The molecule has 0 spiro atoms. The quantitative estimate of drug-likeness (QED) is 0.625. The lowest BCUT2D eigenvalue weighted by atomic mass is 10.1. The summed E-state index contributed by atoms with van der Waals surface area (Å²) in [7, 11) is 0. The van der Waals surface area contributed by atoms with Crippen molar-refractivity contribution in [2.24, 2.45) is 0 Å². The number of nitrogens with zero attached hydrogens (tertiary/aromatic N) is 1. The van der Waals surface area contributed by atoms with E-state index in [1.807, 2.05) is 43.3 Å². The third kappa shape index (κ3) is 2.71. The molecule has 1 saturated heterocycles. The first-order valence-corrected chi connectivity index (χ1v) is 8.14. The Morgan fingerprint density at radius 3 is 2.75 bits per heavy atom. The van der Waals surface area contributed by atoms with E-state index in [0.29, 0.717) is 13.2 Å². The van der Waals surface area contributed by atoms with Crippen molar-refractivity contribution in [1.29, 1.82) is 0 Å². The number of esters is 1. The molecule has 2 aromatic rings. The Morgan fingerprint density at radius 1 is 1.17 bits per heavy atom. The maximum atomic E-state index is 12.3. The highest BCUT2D eigenvalue weighted by Gasteiger charge is 2.54. The average molecular weight is 325 g/mol. The van der Waals surface area contributed by atoms with Gasteiger partial charge in [-0.25, -0.2) is 0 Å². The van der Waals surface area contributed by atoms with Gasteiger partial charge in [-0.05, 0) is 30.2 Å². The fourth-order valence-corrected chi connectivity index (χ4v) is 3.23. The molecule has 5 heteroatoms. The van der Waals surface area contributed by atoms with Crippen LogP contribution in [0.25, 0.3) is 0 Å². The van der Waals surface area contributed by atoms with E-state index >= 15 is 0 Å². The Labute approximate surface area is 140 Å². The molecule has 1 fully saturated rings. The monoisotopic (exact) mass is 325 g/mol. The number of hydrogen-bond donors (Lipinski definition) is 0. The summed E-state index contributed by atoms with van der Waals surface area (Å²) in [6.45, 7) is 3.18. The minimum atomic E-state index is -0.245. The van der Waals surface area contributed by atoms with E-state index in [-0.39, 0.29) is 24.8 Å². The molecule has 124 valence electrons. The van der Waals surface area contributed by atoms with Gasteiger partial charge in [0.1, 0.15) is 6.04 Å². The van der Waals surface area contributed by atoms with Crippen molar-refractivity contribution in [2.45, 2.75) is 25.6 Å².